The van der Waals surface area contributed by atoms with Gasteiger partial charge in [-0.25, -0.2) is 0 Å². The van der Waals surface area contributed by atoms with Crippen molar-refractivity contribution < 1.29 is 0 Å². The Morgan fingerprint density at radius 1 is 1.53 bits per heavy atom. The van der Waals surface area contributed by atoms with Crippen LogP contribution in [0.4, 0.5) is 5.82 Å². The number of aromatic amines is 1. The standard InChI is InChI=1S/C10H12BrN3S/c1-5(2)8-9(13-14-10(8)12)6-3-7(11)15-4-6/h3-5H,1-2H3,(H3,12,13,14). The maximum Gasteiger partial charge on any atom is 0.149 e. The summed E-state index contributed by atoms with van der Waals surface area (Å²) in [5.41, 5.74) is 9.10. The third kappa shape index (κ3) is 1.94. The van der Waals surface area contributed by atoms with E-state index < -0.39 is 0 Å². The molecule has 0 amide bonds. The number of anilines is 1. The summed E-state index contributed by atoms with van der Waals surface area (Å²) in [6, 6.07) is 2.07. The molecule has 0 saturated carbocycles. The van der Waals surface area contributed by atoms with Crippen molar-refractivity contribution in [3.63, 3.8) is 0 Å². The molecular formula is C10H12BrN3S. The van der Waals surface area contributed by atoms with E-state index in [0.717, 1.165) is 20.6 Å². The van der Waals surface area contributed by atoms with Crippen molar-refractivity contribution >= 4 is 33.1 Å². The fourth-order valence-electron chi connectivity index (χ4n) is 1.61. The molecule has 5 heteroatoms. The first-order chi connectivity index (χ1) is 7.09. The highest BCUT2D eigenvalue weighted by Crippen LogP contribution is 2.34. The van der Waals surface area contributed by atoms with Gasteiger partial charge in [0.25, 0.3) is 0 Å². The summed E-state index contributed by atoms with van der Waals surface area (Å²) in [7, 11) is 0. The summed E-state index contributed by atoms with van der Waals surface area (Å²) in [5.74, 6) is 0.972. The Morgan fingerprint density at radius 2 is 2.27 bits per heavy atom. The van der Waals surface area contributed by atoms with Gasteiger partial charge in [-0.1, -0.05) is 13.8 Å². The first-order valence-corrected chi connectivity index (χ1v) is 6.35. The van der Waals surface area contributed by atoms with Crippen LogP contribution in [0.2, 0.25) is 0 Å². The van der Waals surface area contributed by atoms with Gasteiger partial charge in [-0.15, -0.1) is 11.3 Å². The van der Waals surface area contributed by atoms with E-state index in [1.807, 2.05) is 0 Å². The van der Waals surface area contributed by atoms with Gasteiger partial charge in [0.2, 0.25) is 0 Å². The molecule has 0 aliphatic heterocycles. The number of hydrogen-bond acceptors (Lipinski definition) is 3. The molecule has 2 rings (SSSR count). The summed E-state index contributed by atoms with van der Waals surface area (Å²) >= 11 is 5.11. The Bertz CT molecular complexity index is 473. The second kappa shape index (κ2) is 3.98. The number of nitrogens with two attached hydrogens (primary N) is 1. The molecule has 0 unspecified atom stereocenters. The first-order valence-electron chi connectivity index (χ1n) is 4.67. The summed E-state index contributed by atoms with van der Waals surface area (Å²) in [4.78, 5) is 0. The molecule has 0 spiro atoms. The van der Waals surface area contributed by atoms with E-state index in [1.54, 1.807) is 11.3 Å². The molecule has 0 aliphatic rings. The molecule has 0 radical (unpaired) electrons. The van der Waals surface area contributed by atoms with Gasteiger partial charge in [0.1, 0.15) is 5.82 Å². The van der Waals surface area contributed by atoms with E-state index in [4.69, 9.17) is 5.73 Å². The molecule has 2 heterocycles. The quantitative estimate of drug-likeness (QED) is 0.886. The fourth-order valence-corrected chi connectivity index (χ4v) is 2.76. The lowest BCUT2D eigenvalue weighted by atomic mass is 10.0. The third-order valence-electron chi connectivity index (χ3n) is 2.27. The van der Waals surface area contributed by atoms with Crippen molar-refractivity contribution in [1.29, 1.82) is 0 Å². The van der Waals surface area contributed by atoms with E-state index in [9.17, 15) is 0 Å². The average Bonchev–Trinajstić information content (AvgIpc) is 2.71. The van der Waals surface area contributed by atoms with Crippen LogP contribution in [0.3, 0.4) is 0 Å². The topological polar surface area (TPSA) is 54.7 Å². The highest BCUT2D eigenvalue weighted by atomic mass is 79.9. The molecule has 0 aromatic carbocycles. The van der Waals surface area contributed by atoms with Crippen LogP contribution in [0.5, 0.6) is 0 Å². The van der Waals surface area contributed by atoms with E-state index in [-0.39, 0.29) is 0 Å². The Hall–Kier alpha value is -0.810. The Balaban J connectivity index is 2.53. The largest absolute Gasteiger partial charge is 0.382 e. The Morgan fingerprint density at radius 3 is 2.80 bits per heavy atom. The van der Waals surface area contributed by atoms with Crippen LogP contribution in [0.15, 0.2) is 15.2 Å². The van der Waals surface area contributed by atoms with Crippen molar-refractivity contribution in [2.45, 2.75) is 19.8 Å². The highest BCUT2D eigenvalue weighted by molar-refractivity contribution is 9.11. The van der Waals surface area contributed by atoms with Gasteiger partial charge in [-0.2, -0.15) is 5.10 Å². The number of H-pyrrole nitrogens is 1. The lowest BCUT2D eigenvalue weighted by molar-refractivity contribution is 0.873. The SMILES string of the molecule is CC(C)c1c(N)n[nH]c1-c1csc(Br)c1. The average molecular weight is 286 g/mol. The van der Waals surface area contributed by atoms with E-state index in [1.165, 1.54) is 0 Å². The Kier molecular flexibility index (Phi) is 2.84. The molecular weight excluding hydrogens is 274 g/mol. The van der Waals surface area contributed by atoms with Crippen LogP contribution < -0.4 is 5.73 Å². The first kappa shape index (κ1) is 10.7. The summed E-state index contributed by atoms with van der Waals surface area (Å²) in [6.07, 6.45) is 0. The van der Waals surface area contributed by atoms with E-state index in [2.05, 4.69) is 51.4 Å². The zero-order chi connectivity index (χ0) is 11.0. The number of nitrogen functional groups attached to an aromatic ring is 1. The molecule has 0 saturated heterocycles. The molecule has 2 aromatic rings. The van der Waals surface area contributed by atoms with Crippen LogP contribution >= 0.6 is 27.3 Å². The number of aromatic nitrogens is 2. The second-order valence-electron chi connectivity index (χ2n) is 3.69. The minimum absolute atomic E-state index is 0.373. The molecule has 0 aliphatic carbocycles. The van der Waals surface area contributed by atoms with Crippen molar-refractivity contribution in [2.24, 2.45) is 0 Å². The lowest BCUT2D eigenvalue weighted by Gasteiger charge is -2.05. The highest BCUT2D eigenvalue weighted by Gasteiger charge is 2.16. The number of hydrogen-bond donors (Lipinski definition) is 2. The molecule has 3 nitrogen and oxygen atoms in total. The number of halogens is 1. The van der Waals surface area contributed by atoms with Gasteiger partial charge in [0.15, 0.2) is 0 Å². The molecule has 0 atom stereocenters. The predicted molar refractivity (Wildman–Crippen MR) is 68.1 cm³/mol. The minimum Gasteiger partial charge on any atom is -0.382 e. The van der Waals surface area contributed by atoms with Gasteiger partial charge < -0.3 is 5.73 Å². The predicted octanol–water partition coefficient (Wildman–Crippen LogP) is 3.61. The number of thiophene rings is 1. The van der Waals surface area contributed by atoms with E-state index >= 15 is 0 Å². The zero-order valence-electron chi connectivity index (χ0n) is 8.54. The third-order valence-corrected chi connectivity index (χ3v) is 3.77. The maximum atomic E-state index is 5.84. The van der Waals surface area contributed by atoms with Crippen LogP contribution in [-0.4, -0.2) is 10.2 Å². The molecule has 3 N–H and O–H groups in total. The maximum absolute atomic E-state index is 5.84. The number of rotatable bonds is 2. The van der Waals surface area contributed by atoms with Gasteiger partial charge in [-0.05, 0) is 27.9 Å². The Labute approximate surface area is 101 Å². The van der Waals surface area contributed by atoms with Crippen LogP contribution in [0.25, 0.3) is 11.3 Å². The van der Waals surface area contributed by atoms with Crippen molar-refractivity contribution in [2.75, 3.05) is 5.73 Å². The van der Waals surface area contributed by atoms with Gasteiger partial charge in [-0.3, -0.25) is 5.10 Å². The molecule has 0 fully saturated rings. The van der Waals surface area contributed by atoms with E-state index in [0.29, 0.717) is 11.7 Å². The summed E-state index contributed by atoms with van der Waals surface area (Å²) in [5, 5.41) is 9.15. The number of nitrogens with zero attached hydrogens (tertiary/aromatic N) is 1. The van der Waals surface area contributed by atoms with Gasteiger partial charge in [0.05, 0.1) is 9.48 Å². The molecule has 80 valence electrons. The monoisotopic (exact) mass is 285 g/mol. The van der Waals surface area contributed by atoms with Crippen molar-refractivity contribution in [1.82, 2.24) is 10.2 Å². The van der Waals surface area contributed by atoms with Crippen LogP contribution in [0, 0.1) is 0 Å². The zero-order valence-corrected chi connectivity index (χ0v) is 10.9. The minimum atomic E-state index is 0.373. The normalized spacial score (nSPS) is 11.2. The second-order valence-corrected chi connectivity index (χ2v) is 5.98. The van der Waals surface area contributed by atoms with Crippen LogP contribution in [-0.2, 0) is 0 Å². The van der Waals surface area contributed by atoms with Crippen molar-refractivity contribution in [3.8, 4) is 11.3 Å². The summed E-state index contributed by atoms with van der Waals surface area (Å²) < 4.78 is 1.11. The fraction of sp³-hybridized carbons (Fsp3) is 0.300. The smallest absolute Gasteiger partial charge is 0.149 e. The molecule has 2 aromatic heterocycles. The van der Waals surface area contributed by atoms with Gasteiger partial charge >= 0.3 is 0 Å². The van der Waals surface area contributed by atoms with Crippen molar-refractivity contribution in [3.05, 3.63) is 20.8 Å². The summed E-state index contributed by atoms with van der Waals surface area (Å²) in [6.45, 7) is 4.23. The van der Waals surface area contributed by atoms with Gasteiger partial charge in [0, 0.05) is 16.5 Å². The van der Waals surface area contributed by atoms with Crippen LogP contribution in [0.1, 0.15) is 25.3 Å². The molecule has 15 heavy (non-hydrogen) atoms. The lowest BCUT2D eigenvalue weighted by Crippen LogP contribution is -1.94. The molecule has 0 bridgehead atoms. The number of nitrogens with one attached hydrogen (secondary N) is 1.